The minimum Gasteiger partial charge on any atom is -0.339 e. The first kappa shape index (κ1) is 21.4. The number of benzene rings is 1. The second-order valence-corrected chi connectivity index (χ2v) is 9.93. The van der Waals surface area contributed by atoms with Crippen LogP contribution in [0.3, 0.4) is 0 Å². The average Bonchev–Trinajstić information content (AvgIpc) is 2.59. The maximum Gasteiger partial charge on any atom is 0.243 e. The van der Waals surface area contributed by atoms with Crippen LogP contribution in [0.5, 0.6) is 0 Å². The van der Waals surface area contributed by atoms with Gasteiger partial charge in [-0.2, -0.15) is 9.57 Å². The van der Waals surface area contributed by atoms with Crippen LogP contribution in [0.15, 0.2) is 29.2 Å². The lowest BCUT2D eigenvalue weighted by Gasteiger charge is -2.34. The molecule has 27 heavy (non-hydrogen) atoms. The number of amides is 1. The number of hydrogen-bond donors (Lipinski definition) is 1. The summed E-state index contributed by atoms with van der Waals surface area (Å²) >= 11 is 0. The van der Waals surface area contributed by atoms with E-state index in [2.05, 4.69) is 11.4 Å². The van der Waals surface area contributed by atoms with Crippen molar-refractivity contribution in [1.82, 2.24) is 14.5 Å². The van der Waals surface area contributed by atoms with Crippen LogP contribution in [0.1, 0.15) is 26.3 Å². The maximum absolute atomic E-state index is 12.7. The molecule has 0 spiro atoms. The Hall–Kier alpha value is -1.95. The van der Waals surface area contributed by atoms with E-state index in [1.165, 1.54) is 4.31 Å². The maximum atomic E-state index is 12.7. The van der Waals surface area contributed by atoms with Gasteiger partial charge in [-0.3, -0.25) is 9.69 Å². The molecule has 1 aromatic rings. The smallest absolute Gasteiger partial charge is 0.243 e. The fraction of sp³-hybridized carbons (Fsp3) is 0.579. The van der Waals surface area contributed by atoms with Gasteiger partial charge in [-0.15, -0.1) is 0 Å². The van der Waals surface area contributed by atoms with E-state index >= 15 is 0 Å². The molecule has 148 valence electrons. The van der Waals surface area contributed by atoms with Gasteiger partial charge in [0.05, 0.1) is 17.5 Å². The van der Waals surface area contributed by atoms with Crippen LogP contribution in [-0.4, -0.2) is 62.3 Å². The highest BCUT2D eigenvalue weighted by atomic mass is 32.2. The second kappa shape index (κ2) is 8.38. The Morgan fingerprint density at radius 3 is 2.22 bits per heavy atom. The van der Waals surface area contributed by atoms with E-state index in [4.69, 9.17) is 0 Å². The van der Waals surface area contributed by atoms with Gasteiger partial charge in [-0.1, -0.05) is 38.5 Å². The molecular formula is C19H28N4O3S. The quantitative estimate of drug-likeness (QED) is 0.816. The summed E-state index contributed by atoms with van der Waals surface area (Å²) in [6.07, 6.45) is 0. The standard InChI is InChI=1S/C19H28N4O3S/c1-15-5-7-16(8-6-15)27(25,26)23-11-9-22(10-12-23)14-18(24)21-17(13-20)19(2,3)4/h5-8,17H,9-12,14H2,1-4H3,(H,21,24)/t17-/m1/s1. The summed E-state index contributed by atoms with van der Waals surface area (Å²) < 4.78 is 26.9. The van der Waals surface area contributed by atoms with Gasteiger partial charge < -0.3 is 5.32 Å². The third-order valence-corrected chi connectivity index (χ3v) is 6.57. The topological polar surface area (TPSA) is 93.5 Å². The Bertz CT molecular complexity index is 799. The third kappa shape index (κ3) is 5.51. The molecule has 0 radical (unpaired) electrons. The Morgan fingerprint density at radius 2 is 1.74 bits per heavy atom. The zero-order chi connectivity index (χ0) is 20.2. The molecule has 0 aromatic heterocycles. The van der Waals surface area contributed by atoms with Gasteiger partial charge in [0.25, 0.3) is 0 Å². The van der Waals surface area contributed by atoms with Crippen molar-refractivity contribution in [2.24, 2.45) is 5.41 Å². The number of piperazine rings is 1. The fourth-order valence-corrected chi connectivity index (χ4v) is 4.26. The van der Waals surface area contributed by atoms with Gasteiger partial charge in [0.1, 0.15) is 6.04 Å². The number of aryl methyl sites for hydroxylation is 1. The summed E-state index contributed by atoms with van der Waals surface area (Å²) in [7, 11) is -3.51. The predicted molar refractivity (Wildman–Crippen MR) is 103 cm³/mol. The normalized spacial score (nSPS) is 17.9. The zero-order valence-electron chi connectivity index (χ0n) is 16.4. The Labute approximate surface area is 162 Å². The minimum absolute atomic E-state index is 0.159. The fourth-order valence-electron chi connectivity index (χ4n) is 2.84. The molecule has 1 aromatic carbocycles. The summed E-state index contributed by atoms with van der Waals surface area (Å²) in [5.74, 6) is -0.216. The zero-order valence-corrected chi connectivity index (χ0v) is 17.2. The van der Waals surface area contributed by atoms with Gasteiger partial charge in [-0.25, -0.2) is 8.42 Å². The van der Waals surface area contributed by atoms with Crippen LogP contribution in [0.4, 0.5) is 0 Å². The molecule has 1 N–H and O–H groups in total. The number of nitriles is 1. The molecule has 0 saturated carbocycles. The van der Waals surface area contributed by atoms with Crippen molar-refractivity contribution in [3.8, 4) is 6.07 Å². The largest absolute Gasteiger partial charge is 0.339 e. The molecule has 1 aliphatic heterocycles. The number of nitrogens with zero attached hydrogens (tertiary/aromatic N) is 3. The molecule has 1 aliphatic rings. The minimum atomic E-state index is -3.51. The van der Waals surface area contributed by atoms with Crippen molar-refractivity contribution in [1.29, 1.82) is 5.26 Å². The second-order valence-electron chi connectivity index (χ2n) is 7.99. The molecule has 8 heteroatoms. The van der Waals surface area contributed by atoms with Gasteiger partial charge >= 0.3 is 0 Å². The molecule has 1 fully saturated rings. The first-order valence-electron chi connectivity index (χ1n) is 9.02. The highest BCUT2D eigenvalue weighted by Gasteiger charge is 2.30. The molecule has 1 heterocycles. The van der Waals surface area contributed by atoms with E-state index in [-0.39, 0.29) is 17.9 Å². The highest BCUT2D eigenvalue weighted by molar-refractivity contribution is 7.89. The van der Waals surface area contributed by atoms with E-state index < -0.39 is 16.1 Å². The number of carbonyl (C=O) groups is 1. The van der Waals surface area contributed by atoms with Crippen LogP contribution in [0.2, 0.25) is 0 Å². The van der Waals surface area contributed by atoms with E-state index in [1.54, 1.807) is 24.3 Å². The Balaban J connectivity index is 1.91. The van der Waals surface area contributed by atoms with Crippen molar-refractivity contribution in [2.75, 3.05) is 32.7 Å². The predicted octanol–water partition coefficient (Wildman–Crippen LogP) is 1.36. The molecule has 1 atom stereocenters. The summed E-state index contributed by atoms with van der Waals surface area (Å²) in [6.45, 7) is 9.40. The van der Waals surface area contributed by atoms with E-state index in [0.29, 0.717) is 31.1 Å². The first-order valence-corrected chi connectivity index (χ1v) is 10.5. The summed E-state index contributed by atoms with van der Waals surface area (Å²) in [5.41, 5.74) is 0.668. The first-order chi connectivity index (χ1) is 12.5. The van der Waals surface area contributed by atoms with E-state index in [9.17, 15) is 18.5 Å². The van der Waals surface area contributed by atoms with Crippen molar-refractivity contribution in [3.05, 3.63) is 29.8 Å². The van der Waals surface area contributed by atoms with Crippen molar-refractivity contribution in [2.45, 2.75) is 38.6 Å². The Kier molecular flexibility index (Phi) is 6.63. The molecule has 0 bridgehead atoms. The van der Waals surface area contributed by atoms with Crippen molar-refractivity contribution >= 4 is 15.9 Å². The molecule has 7 nitrogen and oxygen atoms in total. The van der Waals surface area contributed by atoms with Crippen LogP contribution >= 0.6 is 0 Å². The molecular weight excluding hydrogens is 364 g/mol. The SMILES string of the molecule is Cc1ccc(S(=O)(=O)N2CCN(CC(=O)N[C@H](C#N)C(C)(C)C)CC2)cc1. The number of hydrogen-bond acceptors (Lipinski definition) is 5. The van der Waals surface area contributed by atoms with Crippen LogP contribution in [0, 0.1) is 23.7 Å². The highest BCUT2D eigenvalue weighted by Crippen LogP contribution is 2.19. The number of rotatable bonds is 5. The van der Waals surface area contributed by atoms with E-state index in [1.807, 2.05) is 32.6 Å². The Morgan fingerprint density at radius 1 is 1.19 bits per heavy atom. The van der Waals surface area contributed by atoms with Gasteiger partial charge in [-0.05, 0) is 24.5 Å². The molecule has 2 rings (SSSR count). The summed E-state index contributed by atoms with van der Waals surface area (Å²) in [6, 6.07) is 8.38. The van der Waals surface area contributed by atoms with Crippen molar-refractivity contribution < 1.29 is 13.2 Å². The van der Waals surface area contributed by atoms with Gasteiger partial charge in [0, 0.05) is 26.2 Å². The number of nitrogens with one attached hydrogen (secondary N) is 1. The van der Waals surface area contributed by atoms with Crippen LogP contribution in [0.25, 0.3) is 0 Å². The molecule has 1 amide bonds. The average molecular weight is 393 g/mol. The van der Waals surface area contributed by atoms with Crippen molar-refractivity contribution in [3.63, 3.8) is 0 Å². The molecule has 1 saturated heterocycles. The monoisotopic (exact) mass is 392 g/mol. The van der Waals surface area contributed by atoms with Gasteiger partial charge in [0.15, 0.2) is 0 Å². The third-order valence-electron chi connectivity index (χ3n) is 4.66. The molecule has 0 aliphatic carbocycles. The number of sulfonamides is 1. The number of carbonyl (C=O) groups excluding carboxylic acids is 1. The van der Waals surface area contributed by atoms with E-state index in [0.717, 1.165) is 5.56 Å². The summed E-state index contributed by atoms with van der Waals surface area (Å²) in [5, 5.41) is 12.0. The lowest BCUT2D eigenvalue weighted by Crippen LogP contribution is -2.52. The lowest BCUT2D eigenvalue weighted by molar-refractivity contribution is -0.123. The van der Waals surface area contributed by atoms with Crippen LogP contribution in [-0.2, 0) is 14.8 Å². The molecule has 0 unspecified atom stereocenters. The lowest BCUT2D eigenvalue weighted by atomic mass is 9.87. The summed E-state index contributed by atoms with van der Waals surface area (Å²) in [4.78, 5) is 14.4. The van der Waals surface area contributed by atoms with Crippen LogP contribution < -0.4 is 5.32 Å². The van der Waals surface area contributed by atoms with Gasteiger partial charge in [0.2, 0.25) is 15.9 Å².